The van der Waals surface area contributed by atoms with Gasteiger partial charge in [-0.05, 0) is 0 Å². The molecule has 0 N–H and O–H groups in total. The van der Waals surface area contributed by atoms with Gasteiger partial charge in [0.2, 0.25) is 0 Å². The van der Waals surface area contributed by atoms with E-state index in [0.29, 0.717) is 0 Å². The first-order valence-corrected chi connectivity index (χ1v) is 5.14. The van der Waals surface area contributed by atoms with Crippen LogP contribution in [0, 0.1) is 28.6 Å². The first kappa shape index (κ1) is 7.04. The van der Waals surface area contributed by atoms with Crippen LogP contribution in [0.2, 0.25) is 5.09 Å². The van der Waals surface area contributed by atoms with E-state index in [9.17, 15) is 0 Å². The summed E-state index contributed by atoms with van der Waals surface area (Å²) >= 11 is 2.39. The molecule has 0 spiro atoms. The number of rotatable bonds is 1. The summed E-state index contributed by atoms with van der Waals surface area (Å²) in [5.41, 5.74) is 1.54. The zero-order valence-electron chi connectivity index (χ0n) is 7.85. The van der Waals surface area contributed by atoms with Crippen molar-refractivity contribution in [1.82, 2.24) is 0 Å². The SMILES string of the molecule is [Li][CH2]C1(C)C2CC3C(C2)C31C. The third-order valence-corrected chi connectivity index (χ3v) is 5.86. The van der Waals surface area contributed by atoms with Crippen molar-refractivity contribution in [2.75, 3.05) is 0 Å². The molecule has 4 rings (SSSR count). The number of hydrogen-bond acceptors (Lipinski definition) is 0. The summed E-state index contributed by atoms with van der Waals surface area (Å²) in [7, 11) is 0. The summed E-state index contributed by atoms with van der Waals surface area (Å²) in [5, 5.41) is 1.42. The van der Waals surface area contributed by atoms with Gasteiger partial charge in [0.15, 0.2) is 0 Å². The van der Waals surface area contributed by atoms with Gasteiger partial charge in [-0.2, -0.15) is 0 Å². The summed E-state index contributed by atoms with van der Waals surface area (Å²) in [5.74, 6) is 3.40. The summed E-state index contributed by atoms with van der Waals surface area (Å²) < 4.78 is 0. The van der Waals surface area contributed by atoms with Crippen molar-refractivity contribution in [2.24, 2.45) is 28.6 Å². The number of hydrogen-bond donors (Lipinski definition) is 0. The molecule has 0 heterocycles. The van der Waals surface area contributed by atoms with Crippen molar-refractivity contribution in [3.63, 3.8) is 0 Å². The van der Waals surface area contributed by atoms with Crippen LogP contribution in [0.1, 0.15) is 26.7 Å². The van der Waals surface area contributed by atoms with Crippen LogP contribution in [0.5, 0.6) is 0 Å². The summed E-state index contributed by atoms with van der Waals surface area (Å²) in [6.07, 6.45) is 3.15. The van der Waals surface area contributed by atoms with E-state index in [0.717, 1.165) is 28.6 Å². The van der Waals surface area contributed by atoms with Crippen LogP contribution in [0.25, 0.3) is 0 Å². The normalized spacial score (nSPS) is 70.7. The molecule has 0 saturated heterocycles. The maximum atomic E-state index is 2.55. The fourth-order valence-electron chi connectivity index (χ4n) is 4.70. The second-order valence-electron chi connectivity index (χ2n) is 5.44. The van der Waals surface area contributed by atoms with Gasteiger partial charge in [-0.3, -0.25) is 0 Å². The van der Waals surface area contributed by atoms with Gasteiger partial charge in [0, 0.05) is 0 Å². The van der Waals surface area contributed by atoms with Gasteiger partial charge < -0.3 is 0 Å². The predicted molar refractivity (Wildman–Crippen MR) is 46.5 cm³/mol. The zero-order chi connectivity index (χ0) is 7.85. The molecule has 1 heteroatoms. The molecule has 4 saturated carbocycles. The Morgan fingerprint density at radius 1 is 1.27 bits per heavy atom. The molecule has 0 aromatic rings. The van der Waals surface area contributed by atoms with E-state index >= 15 is 0 Å². The molecule has 4 bridgehead atoms. The molecule has 0 nitrogen and oxygen atoms in total. The summed E-state index contributed by atoms with van der Waals surface area (Å²) in [6.45, 7) is 5.10. The van der Waals surface area contributed by atoms with Crippen LogP contribution in [0.4, 0.5) is 0 Å². The first-order valence-electron chi connectivity index (χ1n) is 5.14. The van der Waals surface area contributed by atoms with Crippen molar-refractivity contribution in [3.05, 3.63) is 0 Å². The minimum absolute atomic E-state index is 0.738. The van der Waals surface area contributed by atoms with Crippen molar-refractivity contribution >= 4 is 17.7 Å². The van der Waals surface area contributed by atoms with E-state index in [2.05, 4.69) is 31.6 Å². The molecule has 0 aromatic carbocycles. The van der Waals surface area contributed by atoms with Gasteiger partial charge in [-0.25, -0.2) is 0 Å². The van der Waals surface area contributed by atoms with E-state index in [1.165, 1.54) is 5.09 Å². The minimum atomic E-state index is 0.738. The van der Waals surface area contributed by atoms with Gasteiger partial charge in [-0.1, -0.05) is 0 Å². The Labute approximate surface area is 78.3 Å². The Balaban J connectivity index is 2.10. The fourth-order valence-corrected chi connectivity index (χ4v) is 4.70. The Morgan fingerprint density at radius 2 is 1.82 bits per heavy atom. The Kier molecular flexibility index (Phi) is 1.03. The van der Waals surface area contributed by atoms with E-state index in [4.69, 9.17) is 0 Å². The van der Waals surface area contributed by atoms with Crippen molar-refractivity contribution in [3.8, 4) is 0 Å². The zero-order valence-corrected chi connectivity index (χ0v) is 7.85. The third kappa shape index (κ3) is 0.475. The van der Waals surface area contributed by atoms with Gasteiger partial charge in [0.05, 0.1) is 0 Å². The quantitative estimate of drug-likeness (QED) is 0.492. The van der Waals surface area contributed by atoms with Crippen LogP contribution >= 0.6 is 0 Å². The average molecular weight is 142 g/mol. The van der Waals surface area contributed by atoms with Gasteiger partial charge in [-0.15, -0.1) is 0 Å². The first-order chi connectivity index (χ1) is 5.14. The Morgan fingerprint density at radius 3 is 2.00 bits per heavy atom. The fraction of sp³-hybridized carbons (Fsp3) is 1.00. The second-order valence-corrected chi connectivity index (χ2v) is 5.44. The molecular weight excluding hydrogens is 127 g/mol. The van der Waals surface area contributed by atoms with Crippen LogP contribution < -0.4 is 0 Å². The molecule has 4 aliphatic carbocycles. The average Bonchev–Trinajstić information content (AvgIpc) is 2.42. The van der Waals surface area contributed by atoms with E-state index in [-0.39, 0.29) is 0 Å². The second kappa shape index (κ2) is 1.61. The molecule has 4 fully saturated rings. The van der Waals surface area contributed by atoms with E-state index in [1.807, 2.05) is 0 Å². The molecular formula is C10H15Li. The molecule has 0 aromatic heterocycles. The maximum absolute atomic E-state index is 2.55. The summed E-state index contributed by atoms with van der Waals surface area (Å²) in [4.78, 5) is 0. The van der Waals surface area contributed by atoms with Crippen LogP contribution in [0.15, 0.2) is 0 Å². The Hall–Kier alpha value is 0.597. The topological polar surface area (TPSA) is 0 Å². The summed E-state index contributed by atoms with van der Waals surface area (Å²) in [6, 6.07) is 0. The van der Waals surface area contributed by atoms with Crippen LogP contribution in [-0.2, 0) is 0 Å². The van der Waals surface area contributed by atoms with Crippen LogP contribution in [0.3, 0.4) is 0 Å². The molecule has 3 atom stereocenters. The van der Waals surface area contributed by atoms with Crippen molar-refractivity contribution in [2.45, 2.75) is 31.8 Å². The van der Waals surface area contributed by atoms with Crippen LogP contribution in [-0.4, -0.2) is 17.7 Å². The molecule has 0 amide bonds. The predicted octanol–water partition coefficient (Wildman–Crippen LogP) is 2.26. The van der Waals surface area contributed by atoms with E-state index < -0.39 is 0 Å². The van der Waals surface area contributed by atoms with Gasteiger partial charge in [0.25, 0.3) is 0 Å². The third-order valence-electron chi connectivity index (χ3n) is 5.86. The van der Waals surface area contributed by atoms with Crippen molar-refractivity contribution < 1.29 is 0 Å². The van der Waals surface area contributed by atoms with Gasteiger partial charge >= 0.3 is 78.1 Å². The monoisotopic (exact) mass is 142 g/mol. The standard InChI is InChI=1S/C10H15.Li/c1-9(2)6-4-7-8(5-6)10(7,9)3;/h6-8H,1,4-5H2,2-3H3;. The molecule has 0 radical (unpaired) electrons. The Bertz CT molecular complexity index is 211. The molecule has 3 unspecified atom stereocenters. The van der Waals surface area contributed by atoms with Crippen molar-refractivity contribution in [1.29, 1.82) is 0 Å². The molecule has 4 aliphatic rings. The van der Waals surface area contributed by atoms with E-state index in [1.54, 1.807) is 12.8 Å². The molecule has 0 aliphatic heterocycles. The molecule has 11 heavy (non-hydrogen) atoms. The molecule has 56 valence electrons. The van der Waals surface area contributed by atoms with Gasteiger partial charge in [0.1, 0.15) is 0 Å².